The highest BCUT2D eigenvalue weighted by molar-refractivity contribution is 6.30. The van der Waals surface area contributed by atoms with Gasteiger partial charge in [-0.3, -0.25) is 14.6 Å². The van der Waals surface area contributed by atoms with Crippen LogP contribution in [0, 0.1) is 0 Å². The van der Waals surface area contributed by atoms with Gasteiger partial charge in [0.2, 0.25) is 0 Å². The molecule has 5 heteroatoms. The zero-order chi connectivity index (χ0) is 13.8. The fourth-order valence-corrected chi connectivity index (χ4v) is 2.38. The van der Waals surface area contributed by atoms with Crippen LogP contribution in [0.25, 0.3) is 0 Å². The van der Waals surface area contributed by atoms with Gasteiger partial charge in [-0.15, -0.1) is 0 Å². The molecule has 0 aromatic carbocycles. The van der Waals surface area contributed by atoms with Crippen LogP contribution in [-0.2, 0) is 26.6 Å². The third-order valence-electron chi connectivity index (χ3n) is 3.09. The van der Waals surface area contributed by atoms with Gasteiger partial charge in [0.25, 0.3) is 0 Å². The summed E-state index contributed by atoms with van der Waals surface area (Å²) in [5, 5.41) is 5.17. The first kappa shape index (κ1) is 14.0. The molecule has 2 heterocycles. The largest absolute Gasteiger partial charge is 0.298 e. The Morgan fingerprint density at radius 3 is 2.79 bits per heavy atom. The van der Waals surface area contributed by atoms with Gasteiger partial charge in [-0.05, 0) is 25.1 Å². The third kappa shape index (κ3) is 3.33. The van der Waals surface area contributed by atoms with Crippen molar-refractivity contribution < 1.29 is 0 Å². The fourth-order valence-electron chi connectivity index (χ4n) is 2.17. The Morgan fingerprint density at radius 1 is 1.37 bits per heavy atom. The molecule has 102 valence electrons. The van der Waals surface area contributed by atoms with Gasteiger partial charge in [-0.1, -0.05) is 24.6 Å². The molecule has 0 unspecified atom stereocenters. The molecule has 0 bridgehead atoms. The maximum atomic E-state index is 6.30. The first-order valence-electron chi connectivity index (χ1n) is 6.39. The van der Waals surface area contributed by atoms with E-state index in [4.69, 9.17) is 11.6 Å². The maximum absolute atomic E-state index is 6.30. The zero-order valence-electron chi connectivity index (χ0n) is 11.6. The second kappa shape index (κ2) is 6.17. The van der Waals surface area contributed by atoms with Gasteiger partial charge in [-0.2, -0.15) is 5.10 Å². The van der Waals surface area contributed by atoms with Crippen molar-refractivity contribution in [3.8, 4) is 0 Å². The monoisotopic (exact) mass is 278 g/mol. The quantitative estimate of drug-likeness (QED) is 0.843. The van der Waals surface area contributed by atoms with Gasteiger partial charge in [0.15, 0.2) is 0 Å². The molecule has 0 saturated heterocycles. The number of pyridine rings is 1. The lowest BCUT2D eigenvalue weighted by Gasteiger charge is -2.16. The van der Waals surface area contributed by atoms with Gasteiger partial charge in [-0.25, -0.2) is 0 Å². The lowest BCUT2D eigenvalue weighted by Crippen LogP contribution is -2.18. The average Bonchev–Trinajstić information content (AvgIpc) is 2.67. The van der Waals surface area contributed by atoms with Crippen LogP contribution >= 0.6 is 11.6 Å². The molecule has 0 amide bonds. The van der Waals surface area contributed by atoms with Gasteiger partial charge >= 0.3 is 0 Å². The van der Waals surface area contributed by atoms with Crippen molar-refractivity contribution in [1.29, 1.82) is 0 Å². The topological polar surface area (TPSA) is 34.0 Å². The van der Waals surface area contributed by atoms with E-state index in [1.165, 1.54) is 5.56 Å². The first-order valence-corrected chi connectivity index (χ1v) is 6.77. The van der Waals surface area contributed by atoms with Crippen LogP contribution in [0.4, 0.5) is 0 Å². The summed E-state index contributed by atoms with van der Waals surface area (Å²) in [4.78, 5) is 6.35. The minimum atomic E-state index is 0.731. The second-order valence-electron chi connectivity index (χ2n) is 4.73. The molecule has 19 heavy (non-hydrogen) atoms. The molecule has 2 aromatic rings. The Bertz CT molecular complexity index is 536. The third-order valence-corrected chi connectivity index (χ3v) is 3.56. The molecule has 0 N–H and O–H groups in total. The molecular formula is C14H19ClN4. The molecule has 0 aliphatic heterocycles. The Morgan fingerprint density at radius 2 is 2.16 bits per heavy atom. The summed E-state index contributed by atoms with van der Waals surface area (Å²) in [6.45, 7) is 3.75. The molecule has 0 saturated carbocycles. The molecule has 2 rings (SSSR count). The predicted molar refractivity (Wildman–Crippen MR) is 77.0 cm³/mol. The van der Waals surface area contributed by atoms with E-state index >= 15 is 0 Å². The minimum absolute atomic E-state index is 0.731. The number of aromatic nitrogens is 3. The molecule has 4 nitrogen and oxygen atoms in total. The van der Waals surface area contributed by atoms with Crippen molar-refractivity contribution in [3.63, 3.8) is 0 Å². The molecule has 0 aliphatic carbocycles. The van der Waals surface area contributed by atoms with E-state index in [0.29, 0.717) is 0 Å². The van der Waals surface area contributed by atoms with Crippen LogP contribution in [0.2, 0.25) is 5.15 Å². The Hall–Kier alpha value is -1.39. The summed E-state index contributed by atoms with van der Waals surface area (Å²) < 4.78 is 1.74. The highest BCUT2D eigenvalue weighted by Crippen LogP contribution is 2.21. The highest BCUT2D eigenvalue weighted by atomic mass is 35.5. The Balaban J connectivity index is 2.09. The van der Waals surface area contributed by atoms with Gasteiger partial charge < -0.3 is 0 Å². The summed E-state index contributed by atoms with van der Waals surface area (Å²) >= 11 is 6.30. The Kier molecular flexibility index (Phi) is 4.56. The first-order chi connectivity index (χ1) is 9.11. The van der Waals surface area contributed by atoms with Crippen LogP contribution in [0.3, 0.4) is 0 Å². The van der Waals surface area contributed by atoms with E-state index in [0.717, 1.165) is 35.9 Å². The van der Waals surface area contributed by atoms with E-state index in [-0.39, 0.29) is 0 Å². The standard InChI is InChI=1S/C14H19ClN4/c1-4-13-12(14(15)19(3)17-13)10-18(2)9-11-6-5-7-16-8-11/h5-8H,4,9-10H2,1-3H3. The minimum Gasteiger partial charge on any atom is -0.298 e. The van der Waals surface area contributed by atoms with Crippen molar-refractivity contribution >= 4 is 11.6 Å². The number of nitrogens with zero attached hydrogens (tertiary/aromatic N) is 4. The second-order valence-corrected chi connectivity index (χ2v) is 5.08. The normalized spacial score (nSPS) is 11.2. The van der Waals surface area contributed by atoms with Gasteiger partial charge in [0, 0.05) is 38.1 Å². The summed E-state index contributed by atoms with van der Waals surface area (Å²) in [5.74, 6) is 0. The van der Waals surface area contributed by atoms with E-state index < -0.39 is 0 Å². The molecular weight excluding hydrogens is 260 g/mol. The summed E-state index contributed by atoms with van der Waals surface area (Å²) in [5.41, 5.74) is 3.40. The van der Waals surface area contributed by atoms with E-state index in [2.05, 4.69) is 35.0 Å². The van der Waals surface area contributed by atoms with Crippen LogP contribution in [-0.4, -0.2) is 26.7 Å². The number of aryl methyl sites for hydroxylation is 2. The average molecular weight is 279 g/mol. The highest BCUT2D eigenvalue weighted by Gasteiger charge is 2.15. The molecule has 0 radical (unpaired) electrons. The number of halogens is 1. The molecule has 0 aliphatic rings. The summed E-state index contributed by atoms with van der Waals surface area (Å²) in [6.07, 6.45) is 4.58. The lowest BCUT2D eigenvalue weighted by molar-refractivity contribution is 0.318. The van der Waals surface area contributed by atoms with E-state index in [1.807, 2.05) is 19.3 Å². The summed E-state index contributed by atoms with van der Waals surface area (Å²) in [6, 6.07) is 4.03. The van der Waals surface area contributed by atoms with Crippen molar-refractivity contribution in [3.05, 3.63) is 46.5 Å². The van der Waals surface area contributed by atoms with Crippen molar-refractivity contribution in [1.82, 2.24) is 19.7 Å². The van der Waals surface area contributed by atoms with Crippen LogP contribution in [0.1, 0.15) is 23.7 Å². The van der Waals surface area contributed by atoms with Crippen LogP contribution in [0.15, 0.2) is 24.5 Å². The number of rotatable bonds is 5. The van der Waals surface area contributed by atoms with Crippen molar-refractivity contribution in [2.75, 3.05) is 7.05 Å². The van der Waals surface area contributed by atoms with Crippen LogP contribution < -0.4 is 0 Å². The molecule has 0 fully saturated rings. The van der Waals surface area contributed by atoms with Crippen molar-refractivity contribution in [2.45, 2.75) is 26.4 Å². The number of hydrogen-bond acceptors (Lipinski definition) is 3. The fraction of sp³-hybridized carbons (Fsp3) is 0.429. The molecule has 2 aromatic heterocycles. The lowest BCUT2D eigenvalue weighted by atomic mass is 10.2. The van der Waals surface area contributed by atoms with E-state index in [1.54, 1.807) is 10.9 Å². The van der Waals surface area contributed by atoms with E-state index in [9.17, 15) is 0 Å². The smallest absolute Gasteiger partial charge is 0.131 e. The molecule has 0 atom stereocenters. The predicted octanol–water partition coefficient (Wildman–Crippen LogP) is 2.66. The van der Waals surface area contributed by atoms with Gasteiger partial charge in [0.05, 0.1) is 5.69 Å². The summed E-state index contributed by atoms with van der Waals surface area (Å²) in [7, 11) is 3.96. The van der Waals surface area contributed by atoms with Crippen molar-refractivity contribution in [2.24, 2.45) is 7.05 Å². The SMILES string of the molecule is CCc1nn(C)c(Cl)c1CN(C)Cc1cccnc1. The molecule has 0 spiro atoms. The Labute approximate surface area is 119 Å². The number of hydrogen-bond donors (Lipinski definition) is 0. The van der Waals surface area contributed by atoms with Gasteiger partial charge in [0.1, 0.15) is 5.15 Å². The zero-order valence-corrected chi connectivity index (χ0v) is 12.4. The maximum Gasteiger partial charge on any atom is 0.131 e. The van der Waals surface area contributed by atoms with Crippen LogP contribution in [0.5, 0.6) is 0 Å².